The van der Waals surface area contributed by atoms with E-state index in [1.807, 2.05) is 19.2 Å². The molecule has 0 aliphatic heterocycles. The van der Waals surface area contributed by atoms with Gasteiger partial charge >= 0.3 is 0 Å². The van der Waals surface area contributed by atoms with Crippen molar-refractivity contribution in [3.63, 3.8) is 0 Å². The molecule has 3 aromatic rings. The Bertz CT molecular complexity index is 943. The SMILES string of the molecule is CSc1cc(C(C)c2ccc(=O)[nH]n2)[nH]c1C(=O)c1ccc(Cl)cc1. The maximum Gasteiger partial charge on any atom is 0.264 e. The molecule has 1 unspecified atom stereocenters. The molecular formula is C18H16ClN3O2S. The second kappa shape index (κ2) is 7.29. The highest BCUT2D eigenvalue weighted by Crippen LogP contribution is 2.29. The summed E-state index contributed by atoms with van der Waals surface area (Å²) in [5.41, 5.74) is 2.45. The van der Waals surface area contributed by atoms with Gasteiger partial charge in [-0.2, -0.15) is 5.10 Å². The molecular weight excluding hydrogens is 358 g/mol. The topological polar surface area (TPSA) is 78.6 Å². The van der Waals surface area contributed by atoms with Crippen LogP contribution in [0.2, 0.25) is 5.02 Å². The molecule has 1 aromatic carbocycles. The molecule has 3 rings (SSSR count). The van der Waals surface area contributed by atoms with Crippen LogP contribution in [0.4, 0.5) is 0 Å². The van der Waals surface area contributed by atoms with Gasteiger partial charge < -0.3 is 4.98 Å². The van der Waals surface area contributed by atoms with Gasteiger partial charge in [-0.15, -0.1) is 11.8 Å². The van der Waals surface area contributed by atoms with E-state index in [-0.39, 0.29) is 17.3 Å². The average Bonchev–Trinajstić information content (AvgIpc) is 3.06. The minimum absolute atomic E-state index is 0.0884. The van der Waals surface area contributed by atoms with Crippen LogP contribution in [0, 0.1) is 0 Å². The first-order chi connectivity index (χ1) is 12.0. The molecule has 2 N–H and O–H groups in total. The average molecular weight is 374 g/mol. The van der Waals surface area contributed by atoms with Crippen molar-refractivity contribution in [2.24, 2.45) is 0 Å². The molecule has 0 amide bonds. The van der Waals surface area contributed by atoms with E-state index in [9.17, 15) is 9.59 Å². The van der Waals surface area contributed by atoms with E-state index >= 15 is 0 Å². The number of ketones is 1. The molecule has 0 saturated carbocycles. The molecule has 0 bridgehead atoms. The van der Waals surface area contributed by atoms with Crippen LogP contribution in [-0.2, 0) is 0 Å². The molecule has 0 saturated heterocycles. The zero-order valence-electron chi connectivity index (χ0n) is 13.7. The van der Waals surface area contributed by atoms with E-state index in [4.69, 9.17) is 11.6 Å². The number of carbonyl (C=O) groups excluding carboxylic acids is 1. The van der Waals surface area contributed by atoms with Crippen molar-refractivity contribution in [2.45, 2.75) is 17.7 Å². The first-order valence-corrected chi connectivity index (χ1v) is 9.22. The number of H-pyrrole nitrogens is 2. The van der Waals surface area contributed by atoms with Gasteiger partial charge in [-0.1, -0.05) is 18.5 Å². The molecule has 0 radical (unpaired) electrons. The molecule has 0 spiro atoms. The van der Waals surface area contributed by atoms with Gasteiger partial charge in [0.15, 0.2) is 0 Å². The lowest BCUT2D eigenvalue weighted by atomic mass is 10.0. The minimum atomic E-state index is -0.245. The van der Waals surface area contributed by atoms with E-state index in [0.29, 0.717) is 16.3 Å². The van der Waals surface area contributed by atoms with Crippen LogP contribution >= 0.6 is 23.4 Å². The summed E-state index contributed by atoms with van der Waals surface area (Å²) in [6.07, 6.45) is 1.93. The van der Waals surface area contributed by atoms with Crippen LogP contribution < -0.4 is 5.56 Å². The third kappa shape index (κ3) is 3.70. The van der Waals surface area contributed by atoms with Gasteiger partial charge in [0.05, 0.1) is 5.69 Å². The largest absolute Gasteiger partial charge is 0.354 e. The fourth-order valence-corrected chi connectivity index (χ4v) is 3.24. The summed E-state index contributed by atoms with van der Waals surface area (Å²) in [6.45, 7) is 1.97. The van der Waals surface area contributed by atoms with Crippen LogP contribution in [0.1, 0.15) is 40.3 Å². The lowest BCUT2D eigenvalue weighted by Crippen LogP contribution is -2.10. The highest BCUT2D eigenvalue weighted by atomic mass is 35.5. The predicted octanol–water partition coefficient (Wildman–Crippen LogP) is 3.86. The maximum atomic E-state index is 12.8. The van der Waals surface area contributed by atoms with Gasteiger partial charge in [0, 0.05) is 33.2 Å². The Labute approximate surface area is 153 Å². The van der Waals surface area contributed by atoms with Crippen molar-refractivity contribution in [1.29, 1.82) is 0 Å². The van der Waals surface area contributed by atoms with Crippen LogP contribution in [0.5, 0.6) is 0 Å². The third-order valence-corrected chi connectivity index (χ3v) is 4.98. The zero-order valence-corrected chi connectivity index (χ0v) is 15.2. The number of benzene rings is 1. The fraction of sp³-hybridized carbons (Fsp3) is 0.167. The zero-order chi connectivity index (χ0) is 18.0. The summed E-state index contributed by atoms with van der Waals surface area (Å²) in [5, 5.41) is 7.09. The molecule has 0 aliphatic carbocycles. The van der Waals surface area contributed by atoms with E-state index < -0.39 is 0 Å². The maximum absolute atomic E-state index is 12.8. The number of nitrogens with one attached hydrogen (secondary N) is 2. The summed E-state index contributed by atoms with van der Waals surface area (Å²) >= 11 is 7.39. The van der Waals surface area contributed by atoms with E-state index in [1.165, 1.54) is 17.8 Å². The summed E-state index contributed by atoms with van der Waals surface area (Å²) in [5.74, 6) is -0.177. The molecule has 0 aliphatic rings. The number of hydrogen-bond acceptors (Lipinski definition) is 4. The van der Waals surface area contributed by atoms with Gasteiger partial charge in [0.25, 0.3) is 5.56 Å². The smallest absolute Gasteiger partial charge is 0.264 e. The van der Waals surface area contributed by atoms with Crippen molar-refractivity contribution in [2.75, 3.05) is 6.26 Å². The van der Waals surface area contributed by atoms with Crippen LogP contribution in [0.3, 0.4) is 0 Å². The molecule has 128 valence electrons. The van der Waals surface area contributed by atoms with Gasteiger partial charge in [-0.05, 0) is 42.7 Å². The Balaban J connectivity index is 1.96. The Morgan fingerprint density at radius 1 is 1.20 bits per heavy atom. The highest BCUT2D eigenvalue weighted by Gasteiger charge is 2.20. The lowest BCUT2D eigenvalue weighted by molar-refractivity contribution is 0.103. The van der Waals surface area contributed by atoms with E-state index in [1.54, 1.807) is 30.3 Å². The Hall–Kier alpha value is -2.31. The van der Waals surface area contributed by atoms with Crippen molar-refractivity contribution in [3.05, 3.63) is 80.5 Å². The van der Waals surface area contributed by atoms with Crippen LogP contribution in [0.15, 0.2) is 52.2 Å². The quantitative estimate of drug-likeness (QED) is 0.526. The fourth-order valence-electron chi connectivity index (χ4n) is 2.52. The van der Waals surface area contributed by atoms with Gasteiger partial charge in [-0.25, -0.2) is 5.10 Å². The van der Waals surface area contributed by atoms with Gasteiger partial charge in [-0.3, -0.25) is 9.59 Å². The Kier molecular flexibility index (Phi) is 5.11. The van der Waals surface area contributed by atoms with Crippen LogP contribution in [0.25, 0.3) is 0 Å². The highest BCUT2D eigenvalue weighted by molar-refractivity contribution is 7.98. The molecule has 2 heterocycles. The lowest BCUT2D eigenvalue weighted by Gasteiger charge is -2.08. The van der Waals surface area contributed by atoms with E-state index in [0.717, 1.165) is 16.3 Å². The second-order valence-corrected chi connectivity index (χ2v) is 6.86. The Morgan fingerprint density at radius 2 is 1.92 bits per heavy atom. The van der Waals surface area contributed by atoms with Crippen molar-refractivity contribution >= 4 is 29.1 Å². The van der Waals surface area contributed by atoms with Crippen molar-refractivity contribution < 1.29 is 4.79 Å². The number of carbonyl (C=O) groups is 1. The molecule has 0 fully saturated rings. The number of thioether (sulfide) groups is 1. The summed E-state index contributed by atoms with van der Waals surface area (Å²) in [7, 11) is 0. The number of rotatable bonds is 5. The first kappa shape index (κ1) is 17.5. The normalized spacial score (nSPS) is 12.1. The predicted molar refractivity (Wildman–Crippen MR) is 99.8 cm³/mol. The molecule has 1 atom stereocenters. The molecule has 2 aromatic heterocycles. The number of halogens is 1. The van der Waals surface area contributed by atoms with Crippen molar-refractivity contribution in [1.82, 2.24) is 15.2 Å². The van der Waals surface area contributed by atoms with Crippen LogP contribution in [-0.4, -0.2) is 27.2 Å². The summed E-state index contributed by atoms with van der Waals surface area (Å²) in [4.78, 5) is 28.1. The molecule has 7 heteroatoms. The Morgan fingerprint density at radius 3 is 2.52 bits per heavy atom. The van der Waals surface area contributed by atoms with Gasteiger partial charge in [0.2, 0.25) is 5.78 Å². The van der Waals surface area contributed by atoms with Crippen molar-refractivity contribution in [3.8, 4) is 0 Å². The monoisotopic (exact) mass is 373 g/mol. The third-order valence-electron chi connectivity index (χ3n) is 3.97. The first-order valence-electron chi connectivity index (χ1n) is 7.62. The molecule has 25 heavy (non-hydrogen) atoms. The molecule has 5 nitrogen and oxygen atoms in total. The van der Waals surface area contributed by atoms with E-state index in [2.05, 4.69) is 15.2 Å². The number of aromatic amines is 2. The summed E-state index contributed by atoms with van der Waals surface area (Å²) in [6, 6.07) is 11.9. The summed E-state index contributed by atoms with van der Waals surface area (Å²) < 4.78 is 0. The number of aromatic nitrogens is 3. The number of nitrogens with zero attached hydrogens (tertiary/aromatic N) is 1. The second-order valence-electron chi connectivity index (χ2n) is 5.57. The standard InChI is InChI=1S/C18H16ClN3O2S/c1-10(13-7-8-16(23)22-21-13)14-9-15(25-2)17(20-14)18(24)11-3-5-12(19)6-4-11/h3-10,20H,1-2H3,(H,22,23). The number of hydrogen-bond donors (Lipinski definition) is 2. The minimum Gasteiger partial charge on any atom is -0.354 e. The van der Waals surface area contributed by atoms with Gasteiger partial charge in [0.1, 0.15) is 5.69 Å².